The van der Waals surface area contributed by atoms with E-state index in [0.717, 1.165) is 35.8 Å². The topological polar surface area (TPSA) is 65.8 Å². The third-order valence-electron chi connectivity index (χ3n) is 5.72. The van der Waals surface area contributed by atoms with E-state index in [-0.39, 0.29) is 12.1 Å². The van der Waals surface area contributed by atoms with Crippen LogP contribution in [0.1, 0.15) is 15.9 Å². The van der Waals surface area contributed by atoms with Gasteiger partial charge in [-0.05, 0) is 48.0 Å². The van der Waals surface area contributed by atoms with Gasteiger partial charge in [-0.2, -0.15) is 0 Å². The monoisotopic (exact) mass is 455 g/mol. The molecule has 0 atom stereocenters. The lowest BCUT2D eigenvalue weighted by Crippen LogP contribution is -2.54. The van der Waals surface area contributed by atoms with Crippen LogP contribution < -0.4 is 14.4 Å². The normalized spacial score (nSPS) is 13.3. The molecule has 2 aromatic heterocycles. The zero-order chi connectivity index (χ0) is 23.3. The number of anilines is 1. The maximum Gasteiger partial charge on any atom is 0.340 e. The summed E-state index contributed by atoms with van der Waals surface area (Å²) in [6, 6.07) is 23.1. The zero-order valence-electron chi connectivity index (χ0n) is 18.8. The highest BCUT2D eigenvalue weighted by Crippen LogP contribution is 2.33. The van der Waals surface area contributed by atoms with E-state index in [4.69, 9.17) is 14.2 Å². The summed E-state index contributed by atoms with van der Waals surface area (Å²) >= 11 is 0. The van der Waals surface area contributed by atoms with Gasteiger partial charge in [0.1, 0.15) is 18.5 Å². The molecule has 0 N–H and O–H groups in total. The van der Waals surface area contributed by atoms with E-state index in [2.05, 4.69) is 9.88 Å². The Bertz CT molecular complexity index is 1230. The van der Waals surface area contributed by atoms with Crippen LogP contribution in [0, 0.1) is 0 Å². The molecule has 0 radical (unpaired) electrons. The number of hydrogen-bond donors (Lipinski definition) is 0. The predicted octanol–water partition coefficient (Wildman–Crippen LogP) is 4.51. The summed E-state index contributed by atoms with van der Waals surface area (Å²) in [6.45, 7) is 1.90. The molecule has 7 nitrogen and oxygen atoms in total. The number of nitrogens with zero attached hydrogens (tertiary/aromatic N) is 3. The standard InChI is InChI=1S/C27H25N3O4/c1-32-27(31)23-7-6-8-24(26(23)29-15-4-5-16-29)30-17-22(18-30)34-21-12-10-20(11-13-21)19-33-25-9-2-3-14-28-25/h2-16,22H,17-19H2,1H3. The maximum atomic E-state index is 12.4. The number of pyridine rings is 1. The first kappa shape index (κ1) is 21.6. The fourth-order valence-electron chi connectivity index (χ4n) is 3.97. The third-order valence-corrected chi connectivity index (χ3v) is 5.72. The number of esters is 1. The van der Waals surface area contributed by atoms with Crippen LogP contribution in [0.25, 0.3) is 5.69 Å². The molecule has 4 aromatic rings. The van der Waals surface area contributed by atoms with Gasteiger partial charge in [0.2, 0.25) is 5.88 Å². The number of hydrogen-bond acceptors (Lipinski definition) is 6. The van der Waals surface area contributed by atoms with Gasteiger partial charge in [-0.25, -0.2) is 9.78 Å². The third kappa shape index (κ3) is 4.59. The van der Waals surface area contributed by atoms with Crippen molar-refractivity contribution in [1.82, 2.24) is 9.55 Å². The molecule has 0 bridgehead atoms. The number of ether oxygens (including phenoxy) is 3. The van der Waals surface area contributed by atoms with Crippen molar-refractivity contribution in [3.63, 3.8) is 0 Å². The van der Waals surface area contributed by atoms with E-state index in [1.807, 2.05) is 83.7 Å². The number of rotatable bonds is 8. The fraction of sp³-hybridized carbons (Fsp3) is 0.185. The van der Waals surface area contributed by atoms with E-state index in [1.165, 1.54) is 7.11 Å². The van der Waals surface area contributed by atoms with Gasteiger partial charge in [0.25, 0.3) is 0 Å². The van der Waals surface area contributed by atoms with Crippen molar-refractivity contribution < 1.29 is 19.0 Å². The Hall–Kier alpha value is -4.26. The van der Waals surface area contributed by atoms with Crippen LogP contribution in [-0.4, -0.2) is 41.8 Å². The van der Waals surface area contributed by atoms with Crippen LogP contribution in [0.15, 0.2) is 91.4 Å². The van der Waals surface area contributed by atoms with E-state index in [9.17, 15) is 4.79 Å². The van der Waals surface area contributed by atoms with Gasteiger partial charge in [0.15, 0.2) is 0 Å². The quantitative estimate of drug-likeness (QED) is 0.365. The fourth-order valence-corrected chi connectivity index (χ4v) is 3.97. The predicted molar refractivity (Wildman–Crippen MR) is 129 cm³/mol. The lowest BCUT2D eigenvalue weighted by molar-refractivity contribution is 0.0600. The van der Waals surface area contributed by atoms with Crippen molar-refractivity contribution in [1.29, 1.82) is 0 Å². The lowest BCUT2D eigenvalue weighted by atomic mass is 10.1. The van der Waals surface area contributed by atoms with Crippen molar-refractivity contribution in [3.8, 4) is 17.3 Å². The number of carbonyl (C=O) groups is 1. The molecule has 0 aliphatic carbocycles. The second-order valence-electron chi connectivity index (χ2n) is 8.00. The van der Waals surface area contributed by atoms with E-state index in [1.54, 1.807) is 12.3 Å². The molecule has 3 heterocycles. The molecule has 172 valence electrons. The van der Waals surface area contributed by atoms with Gasteiger partial charge < -0.3 is 23.7 Å². The highest BCUT2D eigenvalue weighted by molar-refractivity contribution is 5.96. The largest absolute Gasteiger partial charge is 0.487 e. The first-order valence-corrected chi connectivity index (χ1v) is 11.1. The Morgan fingerprint density at radius 2 is 1.76 bits per heavy atom. The maximum absolute atomic E-state index is 12.4. The second kappa shape index (κ2) is 9.70. The molecule has 1 saturated heterocycles. The van der Waals surface area contributed by atoms with Crippen LogP contribution >= 0.6 is 0 Å². The summed E-state index contributed by atoms with van der Waals surface area (Å²) in [7, 11) is 1.40. The summed E-state index contributed by atoms with van der Waals surface area (Å²) in [5.74, 6) is 1.07. The Balaban J connectivity index is 1.22. The van der Waals surface area contributed by atoms with Gasteiger partial charge in [0.05, 0.1) is 37.1 Å². The molecule has 2 aromatic carbocycles. The van der Waals surface area contributed by atoms with Crippen LogP contribution in [-0.2, 0) is 11.3 Å². The highest BCUT2D eigenvalue weighted by Gasteiger charge is 2.32. The van der Waals surface area contributed by atoms with Crippen LogP contribution in [0.2, 0.25) is 0 Å². The Kier molecular flexibility index (Phi) is 6.16. The molecule has 0 amide bonds. The number of aromatic nitrogens is 2. The smallest absolute Gasteiger partial charge is 0.340 e. The second-order valence-corrected chi connectivity index (χ2v) is 8.00. The minimum atomic E-state index is -0.356. The molecule has 34 heavy (non-hydrogen) atoms. The van der Waals surface area contributed by atoms with Crippen molar-refractivity contribution in [2.45, 2.75) is 12.7 Å². The van der Waals surface area contributed by atoms with Crippen molar-refractivity contribution >= 4 is 11.7 Å². The SMILES string of the molecule is COC(=O)c1cccc(N2CC(Oc3ccc(COc4ccccn4)cc3)C2)c1-n1cccc1. The van der Waals surface area contributed by atoms with Gasteiger partial charge in [-0.1, -0.05) is 24.3 Å². The molecule has 5 rings (SSSR count). The average molecular weight is 456 g/mol. The molecule has 0 unspecified atom stereocenters. The summed E-state index contributed by atoms with van der Waals surface area (Å²) in [4.78, 5) is 18.8. The first-order chi connectivity index (χ1) is 16.7. The Morgan fingerprint density at radius 1 is 0.971 bits per heavy atom. The van der Waals surface area contributed by atoms with Gasteiger partial charge in [0, 0.05) is 24.7 Å². The van der Waals surface area contributed by atoms with E-state index < -0.39 is 0 Å². The molecule has 0 saturated carbocycles. The molecule has 1 aliphatic rings. The van der Waals surface area contributed by atoms with Gasteiger partial charge >= 0.3 is 5.97 Å². The number of methoxy groups -OCH3 is 1. The van der Waals surface area contributed by atoms with Crippen LogP contribution in [0.3, 0.4) is 0 Å². The van der Waals surface area contributed by atoms with Crippen molar-refractivity contribution in [2.75, 3.05) is 25.1 Å². The van der Waals surface area contributed by atoms with Gasteiger partial charge in [-0.15, -0.1) is 0 Å². The van der Waals surface area contributed by atoms with Crippen LogP contribution in [0.5, 0.6) is 11.6 Å². The summed E-state index contributed by atoms with van der Waals surface area (Å²) in [6.07, 6.45) is 5.63. The minimum absolute atomic E-state index is 0.0647. The molecule has 1 aliphatic heterocycles. The summed E-state index contributed by atoms with van der Waals surface area (Å²) in [5, 5.41) is 0. The number of benzene rings is 2. The first-order valence-electron chi connectivity index (χ1n) is 11.1. The molecule has 0 spiro atoms. The van der Waals surface area contributed by atoms with Crippen molar-refractivity contribution in [3.05, 3.63) is 103 Å². The Morgan fingerprint density at radius 3 is 2.47 bits per heavy atom. The van der Waals surface area contributed by atoms with E-state index in [0.29, 0.717) is 18.1 Å². The molecular formula is C27H25N3O4. The molecular weight excluding hydrogens is 430 g/mol. The van der Waals surface area contributed by atoms with Crippen LogP contribution in [0.4, 0.5) is 5.69 Å². The summed E-state index contributed by atoms with van der Waals surface area (Å²) in [5.41, 5.74) is 3.37. The van der Waals surface area contributed by atoms with E-state index >= 15 is 0 Å². The molecule has 7 heteroatoms. The lowest BCUT2D eigenvalue weighted by Gasteiger charge is -2.41. The summed E-state index contributed by atoms with van der Waals surface area (Å²) < 4.78 is 18.8. The molecule has 1 fully saturated rings. The zero-order valence-corrected chi connectivity index (χ0v) is 18.8. The number of carbonyl (C=O) groups excluding carboxylic acids is 1. The average Bonchev–Trinajstić information content (AvgIpc) is 3.40. The highest BCUT2D eigenvalue weighted by atomic mass is 16.5. The minimum Gasteiger partial charge on any atom is -0.487 e. The van der Waals surface area contributed by atoms with Gasteiger partial charge in [-0.3, -0.25) is 0 Å². The Labute approximate surface area is 198 Å². The number of para-hydroxylation sites is 1. The van der Waals surface area contributed by atoms with Crippen molar-refractivity contribution in [2.24, 2.45) is 0 Å².